The van der Waals surface area contributed by atoms with Gasteiger partial charge in [-0.3, -0.25) is 4.99 Å². The molecule has 1 heterocycles. The summed E-state index contributed by atoms with van der Waals surface area (Å²) in [7, 11) is 0. The van der Waals surface area contributed by atoms with Crippen molar-refractivity contribution in [3.05, 3.63) is 35.6 Å². The molecule has 0 spiro atoms. The van der Waals surface area contributed by atoms with Gasteiger partial charge in [0, 0.05) is 44.9 Å². The molecule has 1 aliphatic heterocycles. The van der Waals surface area contributed by atoms with Gasteiger partial charge in [0.1, 0.15) is 5.82 Å². The van der Waals surface area contributed by atoms with Crippen molar-refractivity contribution < 1.29 is 13.9 Å². The van der Waals surface area contributed by atoms with E-state index in [1.165, 1.54) is 5.56 Å². The van der Waals surface area contributed by atoms with Crippen molar-refractivity contribution in [1.29, 1.82) is 0 Å². The molecule has 0 unspecified atom stereocenters. The van der Waals surface area contributed by atoms with Crippen molar-refractivity contribution in [2.45, 2.75) is 44.4 Å². The first-order valence-electron chi connectivity index (χ1n) is 10.7. The number of benzene rings is 1. The molecule has 1 saturated carbocycles. The zero-order valence-electron chi connectivity index (χ0n) is 17.0. The van der Waals surface area contributed by atoms with Crippen LogP contribution in [0.2, 0.25) is 0 Å². The van der Waals surface area contributed by atoms with E-state index in [0.29, 0.717) is 5.92 Å². The minimum Gasteiger partial charge on any atom is -0.381 e. The van der Waals surface area contributed by atoms with E-state index in [4.69, 9.17) is 14.5 Å². The van der Waals surface area contributed by atoms with Crippen LogP contribution in [-0.2, 0) is 14.9 Å². The standard InChI is InChI=1S/C22H34FN3O2/c1-2-24-21(25-12-3-13-28-16-18-8-14-27-15-9-18)26-17-22(10-11-22)19-4-6-20(23)7-5-19/h4-7,18H,2-3,8-17H2,1H3,(H2,24,25,26). The van der Waals surface area contributed by atoms with Gasteiger partial charge < -0.3 is 20.1 Å². The number of nitrogens with zero attached hydrogens (tertiary/aromatic N) is 1. The van der Waals surface area contributed by atoms with Crippen LogP contribution in [0.3, 0.4) is 0 Å². The van der Waals surface area contributed by atoms with Gasteiger partial charge in [0.2, 0.25) is 0 Å². The number of halogens is 1. The summed E-state index contributed by atoms with van der Waals surface area (Å²) in [5.74, 6) is 1.32. The van der Waals surface area contributed by atoms with Crippen molar-refractivity contribution in [1.82, 2.24) is 10.6 Å². The second kappa shape index (κ2) is 10.8. The molecule has 5 nitrogen and oxygen atoms in total. The molecule has 0 aromatic heterocycles. The fourth-order valence-corrected chi connectivity index (χ4v) is 3.61. The lowest BCUT2D eigenvalue weighted by Crippen LogP contribution is -2.38. The van der Waals surface area contributed by atoms with Gasteiger partial charge in [0.05, 0.1) is 6.54 Å². The predicted molar refractivity (Wildman–Crippen MR) is 110 cm³/mol. The van der Waals surface area contributed by atoms with Crippen LogP contribution in [0.15, 0.2) is 29.3 Å². The third-order valence-electron chi connectivity index (χ3n) is 5.65. The normalized spacial score (nSPS) is 19.4. The van der Waals surface area contributed by atoms with Crippen LogP contribution in [0, 0.1) is 11.7 Å². The Hall–Kier alpha value is -1.66. The summed E-state index contributed by atoms with van der Waals surface area (Å²) in [5, 5.41) is 6.71. The maximum Gasteiger partial charge on any atom is 0.191 e. The summed E-state index contributed by atoms with van der Waals surface area (Å²) in [6.45, 7) is 7.82. The number of guanidine groups is 1. The van der Waals surface area contributed by atoms with Gasteiger partial charge in [-0.05, 0) is 62.6 Å². The van der Waals surface area contributed by atoms with Gasteiger partial charge in [-0.2, -0.15) is 0 Å². The molecule has 3 rings (SSSR count). The number of aliphatic imine (C=N–C) groups is 1. The molecule has 1 aromatic rings. The van der Waals surface area contributed by atoms with E-state index >= 15 is 0 Å². The van der Waals surface area contributed by atoms with Crippen molar-refractivity contribution in [2.75, 3.05) is 46.1 Å². The molecular weight excluding hydrogens is 357 g/mol. The molecule has 1 aromatic carbocycles. The summed E-state index contributed by atoms with van der Waals surface area (Å²) in [4.78, 5) is 4.78. The minimum atomic E-state index is -0.183. The quantitative estimate of drug-likeness (QED) is 0.365. The monoisotopic (exact) mass is 391 g/mol. The van der Waals surface area contributed by atoms with Crippen LogP contribution >= 0.6 is 0 Å². The van der Waals surface area contributed by atoms with E-state index in [0.717, 1.165) is 84.1 Å². The first-order valence-corrected chi connectivity index (χ1v) is 10.7. The highest BCUT2D eigenvalue weighted by atomic mass is 19.1. The highest BCUT2D eigenvalue weighted by Gasteiger charge is 2.44. The number of hydrogen-bond acceptors (Lipinski definition) is 3. The zero-order chi connectivity index (χ0) is 19.7. The molecular formula is C22H34FN3O2. The number of ether oxygens (including phenoxy) is 2. The van der Waals surface area contributed by atoms with Gasteiger partial charge in [-0.25, -0.2) is 4.39 Å². The van der Waals surface area contributed by atoms with E-state index in [1.807, 2.05) is 12.1 Å². The molecule has 2 N–H and O–H groups in total. The largest absolute Gasteiger partial charge is 0.381 e. The molecule has 6 heteroatoms. The lowest BCUT2D eigenvalue weighted by Gasteiger charge is -2.21. The lowest BCUT2D eigenvalue weighted by molar-refractivity contribution is 0.0203. The van der Waals surface area contributed by atoms with Crippen LogP contribution in [0.25, 0.3) is 0 Å². The number of hydrogen-bond donors (Lipinski definition) is 2. The molecule has 156 valence electrons. The van der Waals surface area contributed by atoms with Crippen molar-refractivity contribution in [3.63, 3.8) is 0 Å². The van der Waals surface area contributed by atoms with Crippen molar-refractivity contribution in [2.24, 2.45) is 10.9 Å². The van der Waals surface area contributed by atoms with E-state index in [2.05, 4.69) is 17.6 Å². The van der Waals surface area contributed by atoms with Gasteiger partial charge in [-0.15, -0.1) is 0 Å². The Bertz CT molecular complexity index is 611. The van der Waals surface area contributed by atoms with Gasteiger partial charge in [-0.1, -0.05) is 12.1 Å². The fourth-order valence-electron chi connectivity index (χ4n) is 3.61. The first kappa shape index (κ1) is 21.1. The van der Waals surface area contributed by atoms with Gasteiger partial charge in [0.25, 0.3) is 0 Å². The van der Waals surface area contributed by atoms with E-state index in [-0.39, 0.29) is 11.2 Å². The van der Waals surface area contributed by atoms with Crippen LogP contribution in [-0.4, -0.2) is 52.0 Å². The SMILES string of the molecule is CCNC(=NCC1(c2ccc(F)cc2)CC1)NCCCOCC1CCOCC1. The molecule has 2 aliphatic rings. The highest BCUT2D eigenvalue weighted by Crippen LogP contribution is 2.48. The average molecular weight is 392 g/mol. The number of rotatable bonds is 10. The van der Waals surface area contributed by atoms with Crippen LogP contribution < -0.4 is 10.6 Å². The van der Waals surface area contributed by atoms with Gasteiger partial charge >= 0.3 is 0 Å². The lowest BCUT2D eigenvalue weighted by atomic mass is 9.96. The van der Waals surface area contributed by atoms with Crippen LogP contribution in [0.5, 0.6) is 0 Å². The third kappa shape index (κ3) is 6.45. The Morgan fingerprint density at radius 1 is 1.21 bits per heavy atom. The van der Waals surface area contributed by atoms with E-state index in [9.17, 15) is 4.39 Å². The Morgan fingerprint density at radius 2 is 1.96 bits per heavy atom. The molecule has 28 heavy (non-hydrogen) atoms. The Balaban J connectivity index is 1.37. The number of nitrogens with one attached hydrogen (secondary N) is 2. The Kier molecular flexibility index (Phi) is 8.10. The second-order valence-electron chi connectivity index (χ2n) is 7.89. The van der Waals surface area contributed by atoms with E-state index < -0.39 is 0 Å². The summed E-state index contributed by atoms with van der Waals surface area (Å²) in [6, 6.07) is 6.88. The summed E-state index contributed by atoms with van der Waals surface area (Å²) < 4.78 is 24.4. The maximum absolute atomic E-state index is 13.2. The Labute approximate surface area is 168 Å². The molecule has 1 aliphatic carbocycles. The molecule has 0 bridgehead atoms. The molecule has 0 radical (unpaired) electrons. The summed E-state index contributed by atoms with van der Waals surface area (Å²) >= 11 is 0. The topological polar surface area (TPSA) is 54.9 Å². The minimum absolute atomic E-state index is 0.0862. The van der Waals surface area contributed by atoms with Crippen LogP contribution in [0.1, 0.15) is 44.6 Å². The van der Waals surface area contributed by atoms with Crippen molar-refractivity contribution >= 4 is 5.96 Å². The molecule has 2 fully saturated rings. The smallest absolute Gasteiger partial charge is 0.191 e. The molecule has 1 saturated heterocycles. The highest BCUT2D eigenvalue weighted by molar-refractivity contribution is 5.79. The third-order valence-corrected chi connectivity index (χ3v) is 5.65. The van der Waals surface area contributed by atoms with Crippen molar-refractivity contribution in [3.8, 4) is 0 Å². The summed E-state index contributed by atoms with van der Waals surface area (Å²) in [5.41, 5.74) is 1.28. The summed E-state index contributed by atoms with van der Waals surface area (Å²) in [6.07, 6.45) is 5.41. The molecule has 0 amide bonds. The average Bonchev–Trinajstić information content (AvgIpc) is 3.51. The van der Waals surface area contributed by atoms with Gasteiger partial charge in [0.15, 0.2) is 5.96 Å². The molecule has 0 atom stereocenters. The fraction of sp³-hybridized carbons (Fsp3) is 0.682. The second-order valence-corrected chi connectivity index (χ2v) is 7.89. The predicted octanol–water partition coefficient (Wildman–Crippen LogP) is 3.25. The van der Waals surface area contributed by atoms with E-state index in [1.54, 1.807) is 12.1 Å². The zero-order valence-corrected chi connectivity index (χ0v) is 17.0. The first-order chi connectivity index (χ1) is 13.7. The Morgan fingerprint density at radius 3 is 2.64 bits per heavy atom. The van der Waals surface area contributed by atoms with Crippen LogP contribution in [0.4, 0.5) is 4.39 Å². The maximum atomic E-state index is 13.2.